The van der Waals surface area contributed by atoms with E-state index in [4.69, 9.17) is 0 Å². The van der Waals surface area contributed by atoms with Crippen LogP contribution in [0, 0.1) is 0 Å². The molecule has 4 rings (SSSR count). The summed E-state index contributed by atoms with van der Waals surface area (Å²) in [5.74, 6) is -0.817. The third-order valence-electron chi connectivity index (χ3n) is 4.22. The second-order valence-corrected chi connectivity index (χ2v) is 6.66. The highest BCUT2D eigenvalue weighted by molar-refractivity contribution is 7.13. The molecule has 0 saturated heterocycles. The molecule has 0 unspecified atom stereocenters. The molecule has 1 atom stereocenters. The molecule has 0 aliphatic carbocycles. The summed E-state index contributed by atoms with van der Waals surface area (Å²) >= 11 is 1.58. The lowest BCUT2D eigenvalue weighted by Crippen LogP contribution is -2.45. The molecule has 2 N–H and O–H groups in total. The van der Waals surface area contributed by atoms with E-state index in [1.54, 1.807) is 17.7 Å². The number of fused-ring (bicyclic) bond motifs is 1. The fourth-order valence-corrected chi connectivity index (χ4v) is 3.82. The Bertz CT molecular complexity index is 858. The van der Waals surface area contributed by atoms with E-state index in [0.29, 0.717) is 19.5 Å². The minimum absolute atomic E-state index is 0.420. The summed E-state index contributed by atoms with van der Waals surface area (Å²) in [5.41, 5.74) is 3.82. The minimum atomic E-state index is -0.817. The summed E-state index contributed by atoms with van der Waals surface area (Å²) in [7, 11) is 0. The number of nitrogens with one attached hydrogen (secondary N) is 1. The molecule has 0 radical (unpaired) electrons. The highest BCUT2D eigenvalue weighted by Gasteiger charge is 2.33. The van der Waals surface area contributed by atoms with Crippen molar-refractivity contribution in [1.82, 2.24) is 19.9 Å². The number of aromatic amines is 1. The van der Waals surface area contributed by atoms with Crippen LogP contribution < -0.4 is 0 Å². The van der Waals surface area contributed by atoms with Crippen LogP contribution in [0.3, 0.4) is 0 Å². The lowest BCUT2D eigenvalue weighted by molar-refractivity contribution is -0.144. The van der Waals surface area contributed by atoms with Crippen LogP contribution in [0.5, 0.6) is 0 Å². The first-order chi connectivity index (χ1) is 11.7. The van der Waals surface area contributed by atoms with Crippen LogP contribution in [0.1, 0.15) is 17.1 Å². The van der Waals surface area contributed by atoms with Crippen LogP contribution in [0.4, 0.5) is 0 Å². The number of carboxylic acids is 1. The SMILES string of the molecule is O=C(O)[C@H]1Cc2nc[nH]c2CN1Cc1csc(-c2ccccc2)n1. The zero-order valence-corrected chi connectivity index (χ0v) is 13.7. The number of benzene rings is 1. The Morgan fingerprint density at radius 1 is 1.38 bits per heavy atom. The van der Waals surface area contributed by atoms with Gasteiger partial charge in [0, 0.05) is 30.5 Å². The molecule has 3 heterocycles. The average molecular weight is 340 g/mol. The Balaban J connectivity index is 1.56. The van der Waals surface area contributed by atoms with Crippen LogP contribution in [0.2, 0.25) is 0 Å². The maximum atomic E-state index is 11.6. The van der Waals surface area contributed by atoms with E-state index in [1.165, 1.54) is 0 Å². The number of carbonyl (C=O) groups is 1. The smallest absolute Gasteiger partial charge is 0.321 e. The molecule has 122 valence electrons. The first kappa shape index (κ1) is 15.0. The van der Waals surface area contributed by atoms with Gasteiger partial charge in [0.25, 0.3) is 0 Å². The normalized spacial score (nSPS) is 17.6. The third-order valence-corrected chi connectivity index (χ3v) is 5.16. The molecule has 0 amide bonds. The van der Waals surface area contributed by atoms with Gasteiger partial charge in [-0.25, -0.2) is 9.97 Å². The Labute approximate surface area is 142 Å². The summed E-state index contributed by atoms with van der Waals surface area (Å²) in [6.45, 7) is 1.06. The van der Waals surface area contributed by atoms with Crippen molar-refractivity contribution in [3.63, 3.8) is 0 Å². The van der Waals surface area contributed by atoms with E-state index >= 15 is 0 Å². The van der Waals surface area contributed by atoms with Gasteiger partial charge in [-0.2, -0.15) is 0 Å². The number of H-pyrrole nitrogens is 1. The molecule has 3 aromatic rings. The number of carboxylic acid groups (broad SMARTS) is 1. The van der Waals surface area contributed by atoms with Gasteiger partial charge >= 0.3 is 5.97 Å². The largest absolute Gasteiger partial charge is 0.480 e. The van der Waals surface area contributed by atoms with Crippen molar-refractivity contribution in [3.8, 4) is 10.6 Å². The van der Waals surface area contributed by atoms with Gasteiger partial charge < -0.3 is 10.1 Å². The predicted octanol–water partition coefficient (Wildman–Crippen LogP) is 2.54. The molecular formula is C17H16N4O2S. The molecule has 0 bridgehead atoms. The number of imidazole rings is 1. The second kappa shape index (κ2) is 6.18. The third kappa shape index (κ3) is 2.83. The monoisotopic (exact) mass is 340 g/mol. The number of thiazole rings is 1. The van der Waals surface area contributed by atoms with Crippen molar-refractivity contribution in [2.45, 2.75) is 25.6 Å². The van der Waals surface area contributed by atoms with Gasteiger partial charge in [0.05, 0.1) is 23.4 Å². The lowest BCUT2D eigenvalue weighted by atomic mass is 10.0. The van der Waals surface area contributed by atoms with Crippen LogP contribution in [-0.2, 0) is 24.3 Å². The summed E-state index contributed by atoms with van der Waals surface area (Å²) in [4.78, 5) is 25.5. The van der Waals surface area contributed by atoms with Crippen LogP contribution in [0.25, 0.3) is 10.6 Å². The molecule has 2 aromatic heterocycles. The topological polar surface area (TPSA) is 82.1 Å². The van der Waals surface area contributed by atoms with Crippen LogP contribution >= 0.6 is 11.3 Å². The predicted molar refractivity (Wildman–Crippen MR) is 90.5 cm³/mol. The fourth-order valence-electron chi connectivity index (χ4n) is 3.00. The van der Waals surface area contributed by atoms with E-state index in [2.05, 4.69) is 15.0 Å². The Kier molecular flexibility index (Phi) is 3.87. The van der Waals surface area contributed by atoms with Gasteiger partial charge in [0.15, 0.2) is 0 Å². The number of aliphatic carboxylic acids is 1. The highest BCUT2D eigenvalue weighted by atomic mass is 32.1. The zero-order chi connectivity index (χ0) is 16.5. The van der Waals surface area contributed by atoms with Gasteiger partial charge in [-0.1, -0.05) is 30.3 Å². The molecule has 0 fully saturated rings. The molecule has 1 aromatic carbocycles. The Morgan fingerprint density at radius 2 is 2.21 bits per heavy atom. The van der Waals surface area contributed by atoms with E-state index in [0.717, 1.165) is 27.7 Å². The summed E-state index contributed by atoms with van der Waals surface area (Å²) in [6.07, 6.45) is 2.05. The standard InChI is InChI=1S/C17H16N4O2S/c22-17(23)15-6-13-14(19-10-18-13)8-21(15)7-12-9-24-16(20-12)11-4-2-1-3-5-11/h1-5,9-10,15H,6-8H2,(H,18,19)(H,22,23)/t15-/m1/s1. The molecule has 24 heavy (non-hydrogen) atoms. The maximum Gasteiger partial charge on any atom is 0.321 e. The van der Waals surface area contributed by atoms with Crippen molar-refractivity contribution >= 4 is 17.3 Å². The molecule has 0 saturated carbocycles. The van der Waals surface area contributed by atoms with Crippen LogP contribution in [-0.4, -0.2) is 37.0 Å². The molecule has 7 heteroatoms. The van der Waals surface area contributed by atoms with Crippen molar-refractivity contribution in [2.24, 2.45) is 0 Å². The van der Waals surface area contributed by atoms with Gasteiger partial charge in [-0.15, -0.1) is 11.3 Å². The van der Waals surface area contributed by atoms with Crippen LogP contribution in [0.15, 0.2) is 42.0 Å². The van der Waals surface area contributed by atoms with E-state index in [1.807, 2.05) is 40.6 Å². The molecular weight excluding hydrogens is 324 g/mol. The number of hydrogen-bond acceptors (Lipinski definition) is 5. The first-order valence-corrected chi connectivity index (χ1v) is 8.56. The Hall–Kier alpha value is -2.51. The second-order valence-electron chi connectivity index (χ2n) is 5.80. The van der Waals surface area contributed by atoms with Gasteiger partial charge in [0.1, 0.15) is 11.0 Å². The first-order valence-electron chi connectivity index (χ1n) is 7.68. The highest BCUT2D eigenvalue weighted by Crippen LogP contribution is 2.26. The number of rotatable bonds is 4. The van der Waals surface area contributed by atoms with Crippen molar-refractivity contribution in [2.75, 3.05) is 0 Å². The van der Waals surface area contributed by atoms with Crippen molar-refractivity contribution < 1.29 is 9.90 Å². The maximum absolute atomic E-state index is 11.6. The number of hydrogen-bond donors (Lipinski definition) is 2. The summed E-state index contributed by atoms with van der Waals surface area (Å²) in [6, 6.07) is 9.44. The zero-order valence-electron chi connectivity index (χ0n) is 12.8. The Morgan fingerprint density at radius 3 is 3.00 bits per heavy atom. The van der Waals surface area contributed by atoms with Gasteiger partial charge in [-0.3, -0.25) is 9.69 Å². The quantitative estimate of drug-likeness (QED) is 0.763. The van der Waals surface area contributed by atoms with Gasteiger partial charge in [-0.05, 0) is 0 Å². The van der Waals surface area contributed by atoms with E-state index < -0.39 is 12.0 Å². The molecule has 0 spiro atoms. The fraction of sp³-hybridized carbons (Fsp3) is 0.235. The van der Waals surface area contributed by atoms with E-state index in [-0.39, 0.29) is 0 Å². The molecule has 6 nitrogen and oxygen atoms in total. The average Bonchev–Trinajstić information content (AvgIpc) is 3.23. The molecule has 1 aliphatic rings. The lowest BCUT2D eigenvalue weighted by Gasteiger charge is -2.31. The van der Waals surface area contributed by atoms with Crippen molar-refractivity contribution in [1.29, 1.82) is 0 Å². The van der Waals surface area contributed by atoms with Gasteiger partial charge in [0.2, 0.25) is 0 Å². The summed E-state index contributed by atoms with van der Waals surface area (Å²) < 4.78 is 0. The van der Waals surface area contributed by atoms with Crippen molar-refractivity contribution in [3.05, 3.63) is 59.1 Å². The number of aromatic nitrogens is 3. The number of nitrogens with zero attached hydrogens (tertiary/aromatic N) is 3. The summed E-state index contributed by atoms with van der Waals surface area (Å²) in [5, 5.41) is 12.5. The van der Waals surface area contributed by atoms with E-state index in [9.17, 15) is 9.90 Å². The minimum Gasteiger partial charge on any atom is -0.480 e. The molecule has 1 aliphatic heterocycles.